The third-order valence-electron chi connectivity index (χ3n) is 5.05. The van der Waals surface area contributed by atoms with E-state index in [1.807, 2.05) is 25.7 Å². The highest BCUT2D eigenvalue weighted by Gasteiger charge is 2.37. The van der Waals surface area contributed by atoms with Crippen LogP contribution in [0.15, 0.2) is 0 Å². The van der Waals surface area contributed by atoms with E-state index in [1.54, 1.807) is 0 Å². The maximum absolute atomic E-state index is 12.6. The molecule has 0 aromatic rings. The van der Waals surface area contributed by atoms with Gasteiger partial charge in [0, 0.05) is 25.6 Å². The number of hydrogen-bond acceptors (Lipinski definition) is 3. The first-order valence-electron chi connectivity index (χ1n) is 8.93. The van der Waals surface area contributed by atoms with Crippen molar-refractivity contribution < 1.29 is 14.3 Å². The van der Waals surface area contributed by atoms with E-state index >= 15 is 0 Å². The number of rotatable bonds is 4. The maximum atomic E-state index is 12.6. The lowest BCUT2D eigenvalue weighted by molar-refractivity contribution is -0.138. The molecule has 2 aliphatic rings. The van der Waals surface area contributed by atoms with E-state index in [9.17, 15) is 9.59 Å². The van der Waals surface area contributed by atoms with Crippen molar-refractivity contribution in [3.05, 3.63) is 0 Å². The van der Waals surface area contributed by atoms with E-state index in [4.69, 9.17) is 4.74 Å². The van der Waals surface area contributed by atoms with Crippen LogP contribution in [-0.4, -0.2) is 42.1 Å². The van der Waals surface area contributed by atoms with Gasteiger partial charge in [0.05, 0.1) is 0 Å². The molecule has 5 nitrogen and oxygen atoms in total. The molecular formula is C18H32N2O3. The van der Waals surface area contributed by atoms with Gasteiger partial charge in [-0.3, -0.25) is 4.79 Å². The van der Waals surface area contributed by atoms with Gasteiger partial charge in [-0.05, 0) is 57.8 Å². The Morgan fingerprint density at radius 1 is 1.26 bits per heavy atom. The van der Waals surface area contributed by atoms with E-state index in [0.29, 0.717) is 30.2 Å². The molecule has 2 rings (SSSR count). The van der Waals surface area contributed by atoms with Crippen LogP contribution < -0.4 is 5.32 Å². The molecule has 1 N–H and O–H groups in total. The van der Waals surface area contributed by atoms with Crippen molar-refractivity contribution >= 4 is 12.0 Å². The van der Waals surface area contributed by atoms with Gasteiger partial charge in [-0.15, -0.1) is 0 Å². The van der Waals surface area contributed by atoms with Crippen LogP contribution in [0.1, 0.15) is 53.9 Å². The summed E-state index contributed by atoms with van der Waals surface area (Å²) >= 11 is 0. The predicted molar refractivity (Wildman–Crippen MR) is 90.0 cm³/mol. The first-order valence-corrected chi connectivity index (χ1v) is 8.93. The van der Waals surface area contributed by atoms with Gasteiger partial charge in [-0.25, -0.2) is 4.79 Å². The Morgan fingerprint density at radius 2 is 1.91 bits per heavy atom. The number of piperidine rings is 1. The standard InChI is InChI=1S/C18H32N2O3/c1-12-8-9-20(16(21)13(2)14-6-7-14)11-15(12)10-19-17(22)23-18(3,4)5/h12-15H,6-11H2,1-5H3,(H,19,22)/t12-,13+,15+/m1/s1. The fourth-order valence-corrected chi connectivity index (χ4v) is 3.23. The third kappa shape index (κ3) is 5.40. The lowest BCUT2D eigenvalue weighted by atomic mass is 9.86. The zero-order chi connectivity index (χ0) is 17.2. The molecule has 1 saturated heterocycles. The summed E-state index contributed by atoms with van der Waals surface area (Å²) in [6.07, 6.45) is 3.02. The first kappa shape index (κ1) is 18.1. The third-order valence-corrected chi connectivity index (χ3v) is 5.05. The summed E-state index contributed by atoms with van der Waals surface area (Å²) in [7, 11) is 0. The average Bonchev–Trinajstić information content (AvgIpc) is 3.27. The summed E-state index contributed by atoms with van der Waals surface area (Å²) < 4.78 is 5.29. The van der Waals surface area contributed by atoms with Crippen molar-refractivity contribution in [1.82, 2.24) is 10.2 Å². The van der Waals surface area contributed by atoms with Crippen molar-refractivity contribution in [2.45, 2.75) is 59.5 Å². The number of alkyl carbamates (subject to hydrolysis) is 1. The predicted octanol–water partition coefficient (Wildman–Crippen LogP) is 3.04. The summed E-state index contributed by atoms with van der Waals surface area (Å²) in [6, 6.07) is 0. The molecule has 0 aromatic carbocycles. The van der Waals surface area contributed by atoms with Gasteiger partial charge in [-0.1, -0.05) is 13.8 Å². The Bertz CT molecular complexity index is 440. The minimum Gasteiger partial charge on any atom is -0.444 e. The van der Waals surface area contributed by atoms with Gasteiger partial charge in [0.15, 0.2) is 0 Å². The molecule has 0 bridgehead atoms. The average molecular weight is 324 g/mol. The number of carbonyl (C=O) groups is 2. The largest absolute Gasteiger partial charge is 0.444 e. The number of carbonyl (C=O) groups excluding carboxylic acids is 2. The zero-order valence-electron chi connectivity index (χ0n) is 15.2. The molecule has 1 aliphatic carbocycles. The molecule has 2 fully saturated rings. The van der Waals surface area contributed by atoms with Crippen LogP contribution in [0.3, 0.4) is 0 Å². The number of ether oxygens (including phenoxy) is 1. The molecule has 0 spiro atoms. The molecular weight excluding hydrogens is 292 g/mol. The highest BCUT2D eigenvalue weighted by molar-refractivity contribution is 5.79. The van der Waals surface area contributed by atoms with Crippen LogP contribution in [0.2, 0.25) is 0 Å². The molecule has 1 aliphatic heterocycles. The van der Waals surface area contributed by atoms with Crippen molar-refractivity contribution in [1.29, 1.82) is 0 Å². The Labute approximate surface area is 140 Å². The second-order valence-electron chi connectivity index (χ2n) is 8.32. The molecule has 3 atom stereocenters. The van der Waals surface area contributed by atoms with Crippen LogP contribution in [-0.2, 0) is 9.53 Å². The monoisotopic (exact) mass is 324 g/mol. The minimum absolute atomic E-state index is 0.155. The number of likely N-dealkylation sites (tertiary alicyclic amines) is 1. The van der Waals surface area contributed by atoms with E-state index < -0.39 is 5.60 Å². The number of nitrogens with one attached hydrogen (secondary N) is 1. The highest BCUT2D eigenvalue weighted by atomic mass is 16.6. The van der Waals surface area contributed by atoms with Crippen molar-refractivity contribution in [3.63, 3.8) is 0 Å². The van der Waals surface area contributed by atoms with Gasteiger partial charge in [0.1, 0.15) is 5.60 Å². The normalized spacial score (nSPS) is 26.6. The first-order chi connectivity index (χ1) is 10.7. The fourth-order valence-electron chi connectivity index (χ4n) is 3.23. The molecule has 1 heterocycles. The Balaban J connectivity index is 1.83. The van der Waals surface area contributed by atoms with E-state index in [2.05, 4.69) is 19.2 Å². The van der Waals surface area contributed by atoms with E-state index in [1.165, 1.54) is 12.8 Å². The zero-order valence-corrected chi connectivity index (χ0v) is 15.2. The van der Waals surface area contributed by atoms with Crippen LogP contribution in [0.4, 0.5) is 4.79 Å². The molecule has 0 unspecified atom stereocenters. The topological polar surface area (TPSA) is 58.6 Å². The van der Waals surface area contributed by atoms with Gasteiger partial charge >= 0.3 is 6.09 Å². The number of amides is 2. The molecule has 1 saturated carbocycles. The summed E-state index contributed by atoms with van der Waals surface area (Å²) in [5, 5.41) is 2.86. The lowest BCUT2D eigenvalue weighted by Gasteiger charge is -2.38. The second kappa shape index (κ2) is 7.10. The highest BCUT2D eigenvalue weighted by Crippen LogP contribution is 2.38. The minimum atomic E-state index is -0.482. The SMILES string of the molecule is C[C@H](C(=O)N1CC[C@@H](C)[C@@H](CNC(=O)OC(C)(C)C)C1)C1CC1. The number of hydrogen-bond donors (Lipinski definition) is 1. The van der Waals surface area contributed by atoms with Crippen LogP contribution in [0.25, 0.3) is 0 Å². The van der Waals surface area contributed by atoms with Crippen LogP contribution >= 0.6 is 0 Å². The molecule has 132 valence electrons. The maximum Gasteiger partial charge on any atom is 0.407 e. The Hall–Kier alpha value is -1.26. The molecule has 0 aromatic heterocycles. The van der Waals surface area contributed by atoms with Gasteiger partial charge in [-0.2, -0.15) is 0 Å². The summed E-state index contributed by atoms with van der Waals surface area (Å²) in [4.78, 5) is 26.4. The van der Waals surface area contributed by atoms with Gasteiger partial charge in [0.2, 0.25) is 5.91 Å². The summed E-state index contributed by atoms with van der Waals surface area (Å²) in [5.41, 5.74) is -0.482. The smallest absolute Gasteiger partial charge is 0.407 e. The fraction of sp³-hybridized carbons (Fsp3) is 0.889. The number of nitrogens with zero attached hydrogens (tertiary/aromatic N) is 1. The quantitative estimate of drug-likeness (QED) is 0.864. The second-order valence-corrected chi connectivity index (χ2v) is 8.32. The lowest BCUT2D eigenvalue weighted by Crippen LogP contribution is -2.49. The van der Waals surface area contributed by atoms with Crippen LogP contribution in [0, 0.1) is 23.7 Å². The van der Waals surface area contributed by atoms with Crippen molar-refractivity contribution in [3.8, 4) is 0 Å². The Kier molecular flexibility index (Phi) is 5.58. The van der Waals surface area contributed by atoms with E-state index in [-0.39, 0.29) is 12.0 Å². The Morgan fingerprint density at radius 3 is 2.48 bits per heavy atom. The molecule has 0 radical (unpaired) electrons. The summed E-state index contributed by atoms with van der Waals surface area (Å²) in [6.45, 7) is 12.0. The van der Waals surface area contributed by atoms with Crippen LogP contribution in [0.5, 0.6) is 0 Å². The van der Waals surface area contributed by atoms with E-state index in [0.717, 1.165) is 19.5 Å². The molecule has 23 heavy (non-hydrogen) atoms. The molecule has 5 heteroatoms. The van der Waals surface area contributed by atoms with Gasteiger partial charge < -0.3 is 15.0 Å². The summed E-state index contributed by atoms with van der Waals surface area (Å²) in [5.74, 6) is 1.85. The van der Waals surface area contributed by atoms with Crippen molar-refractivity contribution in [2.24, 2.45) is 23.7 Å². The van der Waals surface area contributed by atoms with Crippen molar-refractivity contribution in [2.75, 3.05) is 19.6 Å². The molecule has 2 amide bonds. The van der Waals surface area contributed by atoms with Gasteiger partial charge in [0.25, 0.3) is 0 Å².